The van der Waals surface area contributed by atoms with Gasteiger partial charge in [-0.15, -0.1) is 10.2 Å². The number of halogens is 2. The second kappa shape index (κ2) is 5.42. The van der Waals surface area contributed by atoms with Gasteiger partial charge in [0.1, 0.15) is 5.82 Å². The van der Waals surface area contributed by atoms with Crippen LogP contribution in [0.4, 0.5) is 10.1 Å². The molecule has 0 amide bonds. The highest BCUT2D eigenvalue weighted by Gasteiger charge is 2.24. The first-order valence-electron chi connectivity index (χ1n) is 5.31. The number of rotatable bonds is 4. The second-order valence-corrected chi connectivity index (χ2v) is 6.45. The zero-order valence-corrected chi connectivity index (χ0v) is 12.5. The largest absolute Gasteiger partial charge is 0.396 e. The second-order valence-electron chi connectivity index (χ2n) is 3.92. The summed E-state index contributed by atoms with van der Waals surface area (Å²) in [7, 11) is -3.92. The van der Waals surface area contributed by atoms with E-state index in [0.717, 1.165) is 12.1 Å². The molecule has 2 aromatic rings. The van der Waals surface area contributed by atoms with Crippen LogP contribution >= 0.6 is 15.9 Å². The summed E-state index contributed by atoms with van der Waals surface area (Å²) in [6.07, 6.45) is 0. The zero-order valence-electron chi connectivity index (χ0n) is 10.1. The number of aromatic nitrogens is 4. The van der Waals surface area contributed by atoms with Gasteiger partial charge in [-0.3, -0.25) is 0 Å². The molecule has 0 saturated carbocycles. The smallest absolute Gasteiger partial charge is 0.242 e. The summed E-state index contributed by atoms with van der Waals surface area (Å²) in [5.74, 6) is -0.526. The van der Waals surface area contributed by atoms with E-state index >= 15 is 0 Å². The van der Waals surface area contributed by atoms with E-state index in [1.54, 1.807) is 6.92 Å². The number of hydrogen-bond donors (Lipinski definition) is 3. The first-order chi connectivity index (χ1) is 9.31. The van der Waals surface area contributed by atoms with E-state index in [0.29, 0.717) is 0 Å². The molecule has 0 fully saturated rings. The number of benzene rings is 1. The van der Waals surface area contributed by atoms with Gasteiger partial charge in [-0.25, -0.2) is 17.5 Å². The van der Waals surface area contributed by atoms with E-state index in [4.69, 9.17) is 5.73 Å². The van der Waals surface area contributed by atoms with Crippen LogP contribution in [-0.2, 0) is 10.0 Å². The van der Waals surface area contributed by atoms with Crippen LogP contribution in [0.1, 0.15) is 18.8 Å². The Morgan fingerprint density at radius 3 is 2.80 bits per heavy atom. The van der Waals surface area contributed by atoms with E-state index in [-0.39, 0.29) is 20.9 Å². The molecule has 108 valence electrons. The number of tetrazole rings is 1. The predicted molar refractivity (Wildman–Crippen MR) is 71.4 cm³/mol. The Hall–Kier alpha value is -1.59. The van der Waals surface area contributed by atoms with Crippen molar-refractivity contribution in [2.45, 2.75) is 17.9 Å². The van der Waals surface area contributed by atoms with E-state index < -0.39 is 21.9 Å². The van der Waals surface area contributed by atoms with Crippen molar-refractivity contribution in [1.82, 2.24) is 25.3 Å². The van der Waals surface area contributed by atoms with Crippen LogP contribution in [0.3, 0.4) is 0 Å². The third-order valence-electron chi connectivity index (χ3n) is 2.42. The summed E-state index contributed by atoms with van der Waals surface area (Å²) in [5.41, 5.74) is 5.12. The van der Waals surface area contributed by atoms with E-state index in [2.05, 4.69) is 41.3 Å². The highest BCUT2D eigenvalue weighted by atomic mass is 79.9. The molecule has 4 N–H and O–H groups in total. The SMILES string of the molecule is CC(NS(=O)(=O)c1cc(N)c(F)cc1Br)c1nn[nH]n1. The van der Waals surface area contributed by atoms with Crippen molar-refractivity contribution in [3.8, 4) is 0 Å². The molecule has 1 unspecified atom stereocenters. The van der Waals surface area contributed by atoms with Crippen LogP contribution < -0.4 is 10.5 Å². The van der Waals surface area contributed by atoms with Gasteiger partial charge in [0.05, 0.1) is 16.6 Å². The summed E-state index contributed by atoms with van der Waals surface area (Å²) < 4.78 is 40.1. The Balaban J connectivity index is 2.34. The normalized spacial score (nSPS) is 13.3. The maximum atomic E-state index is 13.2. The van der Waals surface area contributed by atoms with Gasteiger partial charge in [0, 0.05) is 4.47 Å². The summed E-state index contributed by atoms with van der Waals surface area (Å²) in [6.45, 7) is 1.54. The number of nitrogens with zero attached hydrogens (tertiary/aromatic N) is 3. The van der Waals surface area contributed by atoms with Crippen LogP contribution in [0.2, 0.25) is 0 Å². The lowest BCUT2D eigenvalue weighted by Gasteiger charge is -2.12. The summed E-state index contributed by atoms with van der Waals surface area (Å²) in [6, 6.07) is 1.31. The fraction of sp³-hybridized carbons (Fsp3) is 0.222. The van der Waals surface area contributed by atoms with E-state index in [1.165, 1.54) is 0 Å². The lowest BCUT2D eigenvalue weighted by Crippen LogP contribution is -2.28. The number of hydrogen-bond acceptors (Lipinski definition) is 6. The molecule has 0 saturated heterocycles. The molecule has 8 nitrogen and oxygen atoms in total. The number of aromatic amines is 1. The molecule has 0 radical (unpaired) electrons. The van der Waals surface area contributed by atoms with Crippen molar-refractivity contribution in [3.05, 3.63) is 28.2 Å². The fourth-order valence-electron chi connectivity index (χ4n) is 1.45. The molecule has 20 heavy (non-hydrogen) atoms. The number of nitrogens with one attached hydrogen (secondary N) is 2. The van der Waals surface area contributed by atoms with Gasteiger partial charge in [-0.1, -0.05) is 5.21 Å². The molecular weight excluding hydrogens is 355 g/mol. The van der Waals surface area contributed by atoms with E-state index in [1.807, 2.05) is 0 Å². The minimum absolute atomic E-state index is 0.0667. The number of nitrogen functional groups attached to an aromatic ring is 1. The summed E-state index contributed by atoms with van der Waals surface area (Å²) >= 11 is 2.99. The molecule has 2 rings (SSSR count). The van der Waals surface area contributed by atoms with Crippen molar-refractivity contribution in [3.63, 3.8) is 0 Å². The highest BCUT2D eigenvalue weighted by molar-refractivity contribution is 9.10. The molecule has 0 bridgehead atoms. The average Bonchev–Trinajstić information content (AvgIpc) is 2.86. The first kappa shape index (κ1) is 14.8. The molecule has 0 spiro atoms. The molecular formula is C9H10BrFN6O2S. The predicted octanol–water partition coefficient (Wildman–Crippen LogP) is 0.723. The summed E-state index contributed by atoms with van der Waals surface area (Å²) in [4.78, 5) is -0.174. The standard InChI is InChI=1S/C9H10BrFN6O2S/c1-4(9-13-16-17-14-9)15-20(18,19)8-3-7(12)6(11)2-5(8)10/h2-4,15H,12H2,1H3,(H,13,14,16,17). The highest BCUT2D eigenvalue weighted by Crippen LogP contribution is 2.27. The Morgan fingerprint density at radius 1 is 1.50 bits per heavy atom. The Labute approximate surface area is 122 Å². The maximum absolute atomic E-state index is 13.2. The Kier molecular flexibility index (Phi) is 4.01. The van der Waals surface area contributed by atoms with Gasteiger partial charge in [0.25, 0.3) is 0 Å². The molecule has 0 aliphatic carbocycles. The minimum atomic E-state index is -3.92. The number of H-pyrrole nitrogens is 1. The van der Waals surface area contributed by atoms with Gasteiger partial charge in [0.2, 0.25) is 10.0 Å². The lowest BCUT2D eigenvalue weighted by atomic mass is 10.3. The maximum Gasteiger partial charge on any atom is 0.242 e. The molecule has 1 aromatic carbocycles. The zero-order chi connectivity index (χ0) is 14.9. The monoisotopic (exact) mass is 364 g/mol. The van der Waals surface area contributed by atoms with Crippen LogP contribution in [0.5, 0.6) is 0 Å². The van der Waals surface area contributed by atoms with Crippen molar-refractivity contribution >= 4 is 31.6 Å². The third-order valence-corrected chi connectivity index (χ3v) is 4.92. The molecule has 1 heterocycles. The lowest BCUT2D eigenvalue weighted by molar-refractivity contribution is 0.559. The van der Waals surface area contributed by atoms with E-state index in [9.17, 15) is 12.8 Å². The van der Waals surface area contributed by atoms with Gasteiger partial charge in [-0.2, -0.15) is 5.21 Å². The third kappa shape index (κ3) is 2.94. The fourth-order valence-corrected chi connectivity index (χ4v) is 3.70. The van der Waals surface area contributed by atoms with Crippen molar-refractivity contribution in [2.75, 3.05) is 5.73 Å². The van der Waals surface area contributed by atoms with Crippen LogP contribution in [-0.4, -0.2) is 29.0 Å². The molecule has 0 aliphatic heterocycles. The van der Waals surface area contributed by atoms with Gasteiger partial charge in [-0.05, 0) is 35.0 Å². The number of anilines is 1. The van der Waals surface area contributed by atoms with Crippen LogP contribution in [0.25, 0.3) is 0 Å². The van der Waals surface area contributed by atoms with Crippen LogP contribution in [0, 0.1) is 5.82 Å². The van der Waals surface area contributed by atoms with Crippen LogP contribution in [0.15, 0.2) is 21.5 Å². The molecule has 11 heteroatoms. The Bertz CT molecular complexity index is 720. The quantitative estimate of drug-likeness (QED) is 0.686. The van der Waals surface area contributed by atoms with Gasteiger partial charge in [0.15, 0.2) is 5.82 Å². The first-order valence-corrected chi connectivity index (χ1v) is 7.59. The average molecular weight is 365 g/mol. The van der Waals surface area contributed by atoms with Gasteiger partial charge < -0.3 is 5.73 Å². The Morgan fingerprint density at radius 2 is 2.20 bits per heavy atom. The van der Waals surface area contributed by atoms with Crippen molar-refractivity contribution < 1.29 is 12.8 Å². The molecule has 1 aromatic heterocycles. The molecule has 1 atom stereocenters. The molecule has 0 aliphatic rings. The summed E-state index contributed by atoms with van der Waals surface area (Å²) in [5, 5.41) is 12.9. The van der Waals surface area contributed by atoms with Crippen molar-refractivity contribution in [2.24, 2.45) is 0 Å². The number of nitrogens with two attached hydrogens (primary N) is 1. The minimum Gasteiger partial charge on any atom is -0.396 e. The topological polar surface area (TPSA) is 127 Å². The van der Waals surface area contributed by atoms with Crippen molar-refractivity contribution in [1.29, 1.82) is 0 Å². The van der Waals surface area contributed by atoms with Gasteiger partial charge >= 0.3 is 0 Å². The number of sulfonamides is 1.